The van der Waals surface area contributed by atoms with Gasteiger partial charge >= 0.3 is 0 Å². The quantitative estimate of drug-likeness (QED) is 0.907. The van der Waals surface area contributed by atoms with E-state index in [1.54, 1.807) is 0 Å². The van der Waals surface area contributed by atoms with Crippen molar-refractivity contribution in [3.63, 3.8) is 0 Å². The monoisotopic (exact) mass is 291 g/mol. The Morgan fingerprint density at radius 3 is 2.95 bits per heavy atom. The first kappa shape index (κ1) is 15.8. The molecule has 116 valence electrons. The SMILES string of the molecule is CCCOc1cccc(C(=O)N2CCC(O)C(CC)C2)c1. The molecule has 0 saturated carbocycles. The van der Waals surface area contributed by atoms with Crippen molar-refractivity contribution in [3.8, 4) is 5.75 Å². The Hall–Kier alpha value is -1.55. The number of likely N-dealkylation sites (tertiary alicyclic amines) is 1. The maximum absolute atomic E-state index is 12.6. The van der Waals surface area contributed by atoms with Crippen LogP contribution in [0, 0.1) is 5.92 Å². The Morgan fingerprint density at radius 2 is 2.24 bits per heavy atom. The molecule has 0 spiro atoms. The van der Waals surface area contributed by atoms with E-state index in [4.69, 9.17) is 4.74 Å². The van der Waals surface area contributed by atoms with Gasteiger partial charge in [0.2, 0.25) is 0 Å². The number of carbonyl (C=O) groups excluding carboxylic acids is 1. The molecule has 1 aliphatic heterocycles. The second-order valence-corrected chi connectivity index (χ2v) is 5.65. The number of hydrogen-bond donors (Lipinski definition) is 1. The van der Waals surface area contributed by atoms with Crippen molar-refractivity contribution < 1.29 is 14.6 Å². The summed E-state index contributed by atoms with van der Waals surface area (Å²) in [6.45, 7) is 6.03. The minimum atomic E-state index is -0.279. The van der Waals surface area contributed by atoms with Crippen molar-refractivity contribution in [1.29, 1.82) is 0 Å². The molecule has 2 rings (SSSR count). The van der Waals surface area contributed by atoms with Crippen molar-refractivity contribution in [2.24, 2.45) is 5.92 Å². The van der Waals surface area contributed by atoms with E-state index in [1.807, 2.05) is 29.2 Å². The topological polar surface area (TPSA) is 49.8 Å². The van der Waals surface area contributed by atoms with E-state index in [0.29, 0.717) is 31.7 Å². The van der Waals surface area contributed by atoms with E-state index >= 15 is 0 Å². The summed E-state index contributed by atoms with van der Waals surface area (Å²) in [6, 6.07) is 7.37. The zero-order valence-corrected chi connectivity index (χ0v) is 12.9. The third-order valence-corrected chi connectivity index (χ3v) is 4.06. The van der Waals surface area contributed by atoms with Crippen LogP contribution >= 0.6 is 0 Å². The van der Waals surface area contributed by atoms with Crippen molar-refractivity contribution in [2.45, 2.75) is 39.2 Å². The highest BCUT2D eigenvalue weighted by molar-refractivity contribution is 5.94. The van der Waals surface area contributed by atoms with Crippen LogP contribution in [0.4, 0.5) is 0 Å². The second kappa shape index (κ2) is 7.46. The summed E-state index contributed by atoms with van der Waals surface area (Å²) in [6.07, 6.45) is 2.22. The summed E-state index contributed by atoms with van der Waals surface area (Å²) in [5, 5.41) is 9.92. The third kappa shape index (κ3) is 3.97. The summed E-state index contributed by atoms with van der Waals surface area (Å²) in [5.41, 5.74) is 0.662. The average molecular weight is 291 g/mol. The molecule has 1 heterocycles. The van der Waals surface area contributed by atoms with Crippen LogP contribution in [0.15, 0.2) is 24.3 Å². The van der Waals surface area contributed by atoms with Crippen LogP contribution in [-0.2, 0) is 0 Å². The first-order valence-electron chi connectivity index (χ1n) is 7.85. The third-order valence-electron chi connectivity index (χ3n) is 4.06. The van der Waals surface area contributed by atoms with Gasteiger partial charge in [-0.2, -0.15) is 0 Å². The lowest BCUT2D eigenvalue weighted by Crippen LogP contribution is -2.45. The average Bonchev–Trinajstić information content (AvgIpc) is 2.53. The summed E-state index contributed by atoms with van der Waals surface area (Å²) < 4.78 is 5.58. The lowest BCUT2D eigenvalue weighted by atomic mass is 9.92. The minimum Gasteiger partial charge on any atom is -0.494 e. The van der Waals surface area contributed by atoms with Gasteiger partial charge in [-0.1, -0.05) is 19.9 Å². The molecule has 1 aliphatic rings. The van der Waals surface area contributed by atoms with Crippen molar-refractivity contribution in [1.82, 2.24) is 4.90 Å². The molecule has 4 nitrogen and oxygen atoms in total. The van der Waals surface area contributed by atoms with Crippen LogP contribution in [0.2, 0.25) is 0 Å². The van der Waals surface area contributed by atoms with Crippen LogP contribution in [0.5, 0.6) is 5.75 Å². The fraction of sp³-hybridized carbons (Fsp3) is 0.588. The first-order valence-corrected chi connectivity index (χ1v) is 7.85. The van der Waals surface area contributed by atoms with E-state index in [1.165, 1.54) is 0 Å². The van der Waals surface area contributed by atoms with E-state index < -0.39 is 0 Å². The van der Waals surface area contributed by atoms with Gasteiger partial charge in [-0.05, 0) is 37.5 Å². The summed E-state index contributed by atoms with van der Waals surface area (Å²) in [5.74, 6) is 0.955. The fourth-order valence-electron chi connectivity index (χ4n) is 2.73. The van der Waals surface area contributed by atoms with Gasteiger partial charge in [0.1, 0.15) is 5.75 Å². The molecule has 1 aromatic rings. The molecule has 0 aliphatic carbocycles. The molecule has 4 heteroatoms. The second-order valence-electron chi connectivity index (χ2n) is 5.65. The lowest BCUT2D eigenvalue weighted by molar-refractivity contribution is 0.0228. The van der Waals surface area contributed by atoms with Gasteiger partial charge in [0.05, 0.1) is 12.7 Å². The highest BCUT2D eigenvalue weighted by Crippen LogP contribution is 2.23. The van der Waals surface area contributed by atoms with Gasteiger partial charge in [0.25, 0.3) is 5.91 Å². The van der Waals surface area contributed by atoms with Gasteiger partial charge in [0.15, 0.2) is 0 Å². The summed E-state index contributed by atoms with van der Waals surface area (Å²) in [7, 11) is 0. The molecule has 1 N–H and O–H groups in total. The van der Waals surface area contributed by atoms with E-state index in [2.05, 4.69) is 13.8 Å². The van der Waals surface area contributed by atoms with Crippen LogP contribution < -0.4 is 4.74 Å². The molecule has 0 bridgehead atoms. The molecule has 2 unspecified atom stereocenters. The fourth-order valence-corrected chi connectivity index (χ4v) is 2.73. The Labute approximate surface area is 126 Å². The molecular weight excluding hydrogens is 266 g/mol. The molecule has 21 heavy (non-hydrogen) atoms. The molecule has 0 aromatic heterocycles. The van der Waals surface area contributed by atoms with E-state index in [9.17, 15) is 9.90 Å². The number of piperidine rings is 1. The Morgan fingerprint density at radius 1 is 1.43 bits per heavy atom. The van der Waals surface area contributed by atoms with Crippen LogP contribution in [0.3, 0.4) is 0 Å². The number of aliphatic hydroxyl groups excluding tert-OH is 1. The molecule has 2 atom stereocenters. The first-order chi connectivity index (χ1) is 10.2. The number of amides is 1. The van der Waals surface area contributed by atoms with Crippen molar-refractivity contribution >= 4 is 5.91 Å². The molecule has 1 amide bonds. The molecule has 1 saturated heterocycles. The summed E-state index contributed by atoms with van der Waals surface area (Å²) >= 11 is 0. The standard InChI is InChI=1S/C17H25NO3/c1-3-10-21-15-7-5-6-14(11-15)17(20)18-9-8-16(19)13(4-2)12-18/h5-7,11,13,16,19H,3-4,8-10,12H2,1-2H3. The van der Waals surface area contributed by atoms with Gasteiger partial charge in [-0.3, -0.25) is 4.79 Å². The van der Waals surface area contributed by atoms with Crippen LogP contribution in [0.1, 0.15) is 43.5 Å². The predicted molar refractivity (Wildman–Crippen MR) is 82.5 cm³/mol. The lowest BCUT2D eigenvalue weighted by Gasteiger charge is -2.35. The normalized spacial score (nSPS) is 22.1. The number of aliphatic hydroxyl groups is 1. The van der Waals surface area contributed by atoms with E-state index in [-0.39, 0.29) is 17.9 Å². The zero-order chi connectivity index (χ0) is 15.2. The Balaban J connectivity index is 2.05. The Kier molecular flexibility index (Phi) is 5.62. The van der Waals surface area contributed by atoms with Gasteiger partial charge < -0.3 is 14.7 Å². The number of hydrogen-bond acceptors (Lipinski definition) is 3. The van der Waals surface area contributed by atoms with Crippen molar-refractivity contribution in [2.75, 3.05) is 19.7 Å². The molecule has 1 aromatic carbocycles. The number of carbonyl (C=O) groups is 1. The highest BCUT2D eigenvalue weighted by Gasteiger charge is 2.29. The zero-order valence-electron chi connectivity index (χ0n) is 12.9. The van der Waals surface area contributed by atoms with Crippen LogP contribution in [-0.4, -0.2) is 41.7 Å². The largest absolute Gasteiger partial charge is 0.494 e. The number of benzene rings is 1. The molecular formula is C17H25NO3. The Bertz CT molecular complexity index is 475. The molecule has 0 radical (unpaired) electrons. The number of nitrogens with zero attached hydrogens (tertiary/aromatic N) is 1. The maximum Gasteiger partial charge on any atom is 0.254 e. The summed E-state index contributed by atoms with van der Waals surface area (Å²) in [4.78, 5) is 14.4. The van der Waals surface area contributed by atoms with Crippen molar-refractivity contribution in [3.05, 3.63) is 29.8 Å². The maximum atomic E-state index is 12.6. The van der Waals surface area contributed by atoms with Gasteiger partial charge in [-0.15, -0.1) is 0 Å². The molecule has 1 fully saturated rings. The van der Waals surface area contributed by atoms with Crippen LogP contribution in [0.25, 0.3) is 0 Å². The van der Waals surface area contributed by atoms with Gasteiger partial charge in [0, 0.05) is 24.6 Å². The smallest absolute Gasteiger partial charge is 0.254 e. The van der Waals surface area contributed by atoms with Gasteiger partial charge in [-0.25, -0.2) is 0 Å². The van der Waals surface area contributed by atoms with E-state index in [0.717, 1.165) is 18.6 Å². The highest BCUT2D eigenvalue weighted by atomic mass is 16.5. The predicted octanol–water partition coefficient (Wildman–Crippen LogP) is 2.71. The number of rotatable bonds is 5. The minimum absolute atomic E-state index is 0.0299. The number of ether oxygens (including phenoxy) is 1.